The van der Waals surface area contributed by atoms with E-state index >= 15 is 0 Å². The molecule has 0 saturated heterocycles. The molecule has 1 aromatic rings. The van der Waals surface area contributed by atoms with Gasteiger partial charge in [0.15, 0.2) is 0 Å². The molecule has 0 nitrogen and oxygen atoms in total. The molecule has 0 heterocycles. The Bertz CT molecular complexity index is 130. The molecule has 0 aliphatic carbocycles. The van der Waals surface area contributed by atoms with E-state index in [4.69, 9.17) is 0 Å². The summed E-state index contributed by atoms with van der Waals surface area (Å²) < 4.78 is 0. The van der Waals surface area contributed by atoms with E-state index < -0.39 is 0 Å². The Kier molecular flexibility index (Phi) is 4.62. The van der Waals surface area contributed by atoms with Crippen LogP contribution in [0.1, 0.15) is 18.9 Å². The van der Waals surface area contributed by atoms with Gasteiger partial charge in [0.2, 0.25) is 0 Å². The van der Waals surface area contributed by atoms with E-state index in [0.29, 0.717) is 0 Å². The summed E-state index contributed by atoms with van der Waals surface area (Å²) in [5.74, 6) is 0. The van der Waals surface area contributed by atoms with Crippen molar-refractivity contribution in [2.45, 2.75) is 19.8 Å². The quantitative estimate of drug-likeness (QED) is 0.467. The Morgan fingerprint density at radius 2 is 1.78 bits per heavy atom. The van der Waals surface area contributed by atoms with Gasteiger partial charge in [-0.25, -0.2) is 12.1 Å². The van der Waals surface area contributed by atoms with Crippen LogP contribution < -0.4 is 0 Å². The van der Waals surface area contributed by atoms with Crippen molar-refractivity contribution in [3.63, 3.8) is 0 Å². The zero-order valence-corrected chi connectivity index (χ0v) is 6.53. The first-order valence-corrected chi connectivity index (χ1v) is 3.14. The molecule has 0 amide bonds. The number of aryl methyl sites for hydroxylation is 1. The van der Waals surface area contributed by atoms with Crippen LogP contribution in [0.4, 0.5) is 0 Å². The number of hydrogen-bond donors (Lipinski definition) is 0. The van der Waals surface area contributed by atoms with E-state index in [2.05, 4.69) is 31.2 Å². The average molecular weight is 166 g/mol. The Morgan fingerprint density at radius 3 is 2.22 bits per heavy atom. The Balaban J connectivity index is 0.000000640. The molecule has 0 unspecified atom stereocenters. The molecule has 0 radical (unpaired) electrons. The molecule has 0 saturated carbocycles. The molecule has 0 aliphatic heterocycles. The number of rotatable bonds is 2. The predicted molar refractivity (Wildman–Crippen MR) is 36.0 cm³/mol. The van der Waals surface area contributed by atoms with Crippen LogP contribution in [0.25, 0.3) is 0 Å². The summed E-state index contributed by atoms with van der Waals surface area (Å²) in [6.07, 6.45) is 2.48. The van der Waals surface area contributed by atoms with E-state index in [1.807, 2.05) is 0 Å². The molecule has 54 valence electrons. The minimum absolute atomic E-state index is 0. The minimum atomic E-state index is 0. The Hall–Kier alpha value is -0.156. The molecular weight excluding hydrogens is 155 g/mol. The third-order valence-electron chi connectivity index (χ3n) is 1.27. The van der Waals surface area contributed by atoms with Gasteiger partial charge in [-0.2, -0.15) is 17.7 Å². The molecule has 1 heteroatoms. The second-order valence-corrected chi connectivity index (χ2v) is 2.04. The Morgan fingerprint density at radius 1 is 1.22 bits per heavy atom. The maximum atomic E-state index is 2.20. The van der Waals surface area contributed by atoms with E-state index in [1.165, 1.54) is 18.4 Å². The van der Waals surface area contributed by atoms with Crippen molar-refractivity contribution in [2.75, 3.05) is 0 Å². The maximum Gasteiger partial charge on any atom is 0 e. The second-order valence-electron chi connectivity index (χ2n) is 2.04. The fraction of sp³-hybridized carbons (Fsp3) is 0.375. The van der Waals surface area contributed by atoms with Gasteiger partial charge < -0.3 is 0 Å². The van der Waals surface area contributed by atoms with Crippen molar-refractivity contribution in [1.29, 1.82) is 0 Å². The van der Waals surface area contributed by atoms with Crippen LogP contribution in [0.5, 0.6) is 0 Å². The maximum absolute atomic E-state index is 2.20. The molecule has 0 fully saturated rings. The summed E-state index contributed by atoms with van der Waals surface area (Å²) in [6, 6.07) is 8.52. The summed E-state index contributed by atoms with van der Waals surface area (Å²) in [6.45, 7) is 2.20. The first-order chi connectivity index (χ1) is 3.93. The van der Waals surface area contributed by atoms with E-state index in [-0.39, 0.29) is 16.5 Å². The largest absolute Gasteiger partial charge is 0.213 e. The zero-order chi connectivity index (χ0) is 5.82. The summed E-state index contributed by atoms with van der Waals surface area (Å²) in [5.41, 5.74) is 1.47. The SMILES string of the molecule is CCC[c-]1cccc1.[Ni]. The topological polar surface area (TPSA) is 0 Å². The van der Waals surface area contributed by atoms with Gasteiger partial charge in [-0.05, 0) is 0 Å². The molecule has 0 N–H and O–H groups in total. The normalized spacial score (nSPS) is 8.56. The van der Waals surface area contributed by atoms with E-state index in [0.717, 1.165) is 0 Å². The van der Waals surface area contributed by atoms with Crippen LogP contribution in [-0.2, 0) is 22.9 Å². The van der Waals surface area contributed by atoms with Gasteiger partial charge in [-0.1, -0.05) is 19.8 Å². The monoisotopic (exact) mass is 165 g/mol. The van der Waals surface area contributed by atoms with Gasteiger partial charge in [-0.15, -0.1) is 0 Å². The van der Waals surface area contributed by atoms with E-state index in [9.17, 15) is 0 Å². The van der Waals surface area contributed by atoms with Gasteiger partial charge in [0, 0.05) is 16.5 Å². The first kappa shape index (κ1) is 8.84. The average Bonchev–Trinajstić information content (AvgIpc) is 2.19. The van der Waals surface area contributed by atoms with Crippen LogP contribution in [-0.4, -0.2) is 0 Å². The fourth-order valence-corrected chi connectivity index (χ4v) is 0.869. The minimum Gasteiger partial charge on any atom is -0.213 e. The molecule has 9 heavy (non-hydrogen) atoms. The third kappa shape index (κ3) is 2.76. The molecule has 0 aliphatic rings. The molecular formula is C8H11Ni-. The summed E-state index contributed by atoms with van der Waals surface area (Å²) in [7, 11) is 0. The Labute approximate surface area is 66.6 Å². The second kappa shape index (κ2) is 4.70. The molecule has 0 atom stereocenters. The zero-order valence-electron chi connectivity index (χ0n) is 5.54. The van der Waals surface area contributed by atoms with Gasteiger partial charge >= 0.3 is 0 Å². The molecule has 1 rings (SSSR count). The van der Waals surface area contributed by atoms with Crippen molar-refractivity contribution >= 4 is 0 Å². The third-order valence-corrected chi connectivity index (χ3v) is 1.27. The van der Waals surface area contributed by atoms with E-state index in [1.54, 1.807) is 0 Å². The molecule has 1 aromatic carbocycles. The van der Waals surface area contributed by atoms with Gasteiger partial charge in [0.1, 0.15) is 0 Å². The first-order valence-electron chi connectivity index (χ1n) is 3.14. The fourth-order valence-electron chi connectivity index (χ4n) is 0.869. The summed E-state index contributed by atoms with van der Waals surface area (Å²) in [4.78, 5) is 0. The molecule has 0 aromatic heterocycles. The van der Waals surface area contributed by atoms with Crippen molar-refractivity contribution in [1.82, 2.24) is 0 Å². The molecule has 0 spiro atoms. The van der Waals surface area contributed by atoms with Crippen LogP contribution >= 0.6 is 0 Å². The van der Waals surface area contributed by atoms with Crippen molar-refractivity contribution < 1.29 is 16.5 Å². The smallest absolute Gasteiger partial charge is 0 e. The number of hydrogen-bond acceptors (Lipinski definition) is 0. The van der Waals surface area contributed by atoms with Crippen LogP contribution in [0.2, 0.25) is 0 Å². The summed E-state index contributed by atoms with van der Waals surface area (Å²) >= 11 is 0. The van der Waals surface area contributed by atoms with Crippen LogP contribution in [0.15, 0.2) is 24.3 Å². The van der Waals surface area contributed by atoms with Gasteiger partial charge in [0.25, 0.3) is 0 Å². The summed E-state index contributed by atoms with van der Waals surface area (Å²) in [5, 5.41) is 0. The van der Waals surface area contributed by atoms with Gasteiger partial charge in [-0.3, -0.25) is 0 Å². The predicted octanol–water partition coefficient (Wildman–Crippen LogP) is 2.36. The van der Waals surface area contributed by atoms with Crippen molar-refractivity contribution in [3.8, 4) is 0 Å². The standard InChI is InChI=1S/C8H11.Ni/c1-2-5-8-6-3-4-7-8;/h3-4,6-7H,2,5H2,1H3;/q-1;. The van der Waals surface area contributed by atoms with Gasteiger partial charge in [0.05, 0.1) is 0 Å². The van der Waals surface area contributed by atoms with Crippen molar-refractivity contribution in [3.05, 3.63) is 29.8 Å². The van der Waals surface area contributed by atoms with Crippen molar-refractivity contribution in [2.24, 2.45) is 0 Å². The van der Waals surface area contributed by atoms with Crippen LogP contribution in [0.3, 0.4) is 0 Å². The van der Waals surface area contributed by atoms with Crippen LogP contribution in [0, 0.1) is 0 Å². The molecule has 0 bridgehead atoms.